The Kier molecular flexibility index (Phi) is 7.88. The van der Waals surface area contributed by atoms with Crippen molar-refractivity contribution in [3.05, 3.63) is 23.8 Å². The van der Waals surface area contributed by atoms with Gasteiger partial charge in [-0.05, 0) is 24.5 Å². The summed E-state index contributed by atoms with van der Waals surface area (Å²) in [7, 11) is 1.63. The first-order valence-corrected chi connectivity index (χ1v) is 7.37. The van der Waals surface area contributed by atoms with Crippen molar-refractivity contribution in [2.24, 2.45) is 0 Å². The lowest BCUT2D eigenvalue weighted by Gasteiger charge is -2.13. The molecule has 0 saturated heterocycles. The molecule has 0 radical (unpaired) electrons. The Balaban J connectivity index is 2.64. The van der Waals surface area contributed by atoms with Crippen LogP contribution < -0.4 is 14.8 Å². The third kappa shape index (κ3) is 5.70. The normalized spacial score (nSPS) is 10.2. The molecule has 0 atom stereocenters. The molecule has 0 aliphatic heterocycles. The largest absolute Gasteiger partial charge is 0.497 e. The lowest BCUT2D eigenvalue weighted by atomic mass is 10.1. The van der Waals surface area contributed by atoms with Gasteiger partial charge in [-0.15, -0.1) is 11.6 Å². The lowest BCUT2D eigenvalue weighted by Crippen LogP contribution is -2.26. The number of carbonyl (C=O) groups excluding carboxylic acids is 1. The Labute approximate surface area is 125 Å². The predicted octanol–water partition coefficient (Wildman–Crippen LogP) is 2.77. The van der Waals surface area contributed by atoms with E-state index in [9.17, 15) is 4.79 Å². The number of carbonyl (C=O) groups is 1. The molecule has 1 aromatic rings. The quantitative estimate of drug-likeness (QED) is 0.563. The smallest absolute Gasteiger partial charge is 0.234 e. The van der Waals surface area contributed by atoms with Crippen LogP contribution in [0, 0.1) is 0 Å². The topological polar surface area (TPSA) is 47.6 Å². The monoisotopic (exact) mass is 299 g/mol. The van der Waals surface area contributed by atoms with Crippen LogP contribution in [-0.4, -0.2) is 32.0 Å². The minimum Gasteiger partial charge on any atom is -0.497 e. The number of benzene rings is 1. The average molecular weight is 300 g/mol. The van der Waals surface area contributed by atoms with E-state index in [1.165, 1.54) is 0 Å². The molecule has 0 unspecified atom stereocenters. The van der Waals surface area contributed by atoms with Crippen molar-refractivity contribution in [2.75, 3.05) is 26.1 Å². The molecule has 20 heavy (non-hydrogen) atoms. The van der Waals surface area contributed by atoms with Gasteiger partial charge in [0.2, 0.25) is 5.91 Å². The first kappa shape index (κ1) is 16.6. The number of hydrogen-bond donors (Lipinski definition) is 1. The molecule has 1 amide bonds. The molecule has 0 aromatic heterocycles. The highest BCUT2D eigenvalue weighted by Crippen LogP contribution is 2.25. The summed E-state index contributed by atoms with van der Waals surface area (Å²) in [5.41, 5.74) is 1.05. The van der Waals surface area contributed by atoms with Crippen LogP contribution in [0.5, 0.6) is 11.5 Å². The fourth-order valence-corrected chi connectivity index (χ4v) is 1.81. The second-order valence-electron chi connectivity index (χ2n) is 4.41. The zero-order valence-corrected chi connectivity index (χ0v) is 12.8. The summed E-state index contributed by atoms with van der Waals surface area (Å²) in [6, 6.07) is 5.74. The third-order valence-electron chi connectivity index (χ3n) is 2.87. The van der Waals surface area contributed by atoms with Crippen LogP contribution >= 0.6 is 11.6 Å². The molecule has 5 heteroatoms. The second kappa shape index (κ2) is 9.48. The third-order valence-corrected chi connectivity index (χ3v) is 3.11. The van der Waals surface area contributed by atoms with E-state index < -0.39 is 0 Å². The minimum atomic E-state index is -0.159. The summed E-state index contributed by atoms with van der Waals surface area (Å²) in [5.74, 6) is 1.42. The van der Waals surface area contributed by atoms with Gasteiger partial charge in [0, 0.05) is 12.6 Å². The highest BCUT2D eigenvalue weighted by atomic mass is 35.5. The van der Waals surface area contributed by atoms with Crippen molar-refractivity contribution in [1.82, 2.24) is 5.32 Å². The molecule has 1 aromatic carbocycles. The maximum Gasteiger partial charge on any atom is 0.234 e. The number of amides is 1. The molecule has 0 saturated carbocycles. The van der Waals surface area contributed by atoms with Gasteiger partial charge in [-0.25, -0.2) is 0 Å². The fourth-order valence-electron chi connectivity index (χ4n) is 1.71. The Morgan fingerprint density at radius 2 is 2.20 bits per heavy atom. The summed E-state index contributed by atoms with van der Waals surface area (Å²) >= 11 is 5.44. The van der Waals surface area contributed by atoms with Crippen molar-refractivity contribution in [2.45, 2.75) is 26.2 Å². The van der Waals surface area contributed by atoms with Crippen molar-refractivity contribution in [3.63, 3.8) is 0 Å². The summed E-state index contributed by atoms with van der Waals surface area (Å²) in [4.78, 5) is 11.1. The van der Waals surface area contributed by atoms with E-state index in [1.807, 2.05) is 18.2 Å². The summed E-state index contributed by atoms with van der Waals surface area (Å²) < 4.78 is 11.0. The van der Waals surface area contributed by atoms with Crippen molar-refractivity contribution in [3.8, 4) is 11.5 Å². The van der Waals surface area contributed by atoms with Crippen LogP contribution in [0.1, 0.15) is 25.3 Å². The van der Waals surface area contributed by atoms with Gasteiger partial charge in [-0.3, -0.25) is 4.79 Å². The van der Waals surface area contributed by atoms with E-state index in [1.54, 1.807) is 7.11 Å². The van der Waals surface area contributed by atoms with Crippen LogP contribution in [0.2, 0.25) is 0 Å². The molecule has 0 aliphatic carbocycles. The van der Waals surface area contributed by atoms with E-state index in [0.29, 0.717) is 19.6 Å². The van der Waals surface area contributed by atoms with Gasteiger partial charge in [-0.1, -0.05) is 19.4 Å². The first-order valence-electron chi connectivity index (χ1n) is 6.83. The SMILES string of the molecule is CCCCOc1cc(OC)ccc1CCNC(=O)CCl. The minimum absolute atomic E-state index is 0.0114. The second-order valence-corrected chi connectivity index (χ2v) is 4.68. The zero-order chi connectivity index (χ0) is 14.8. The van der Waals surface area contributed by atoms with Crippen LogP contribution in [0.3, 0.4) is 0 Å². The number of nitrogens with one attached hydrogen (secondary N) is 1. The molecular formula is C15H22ClNO3. The van der Waals surface area contributed by atoms with Crippen LogP contribution in [-0.2, 0) is 11.2 Å². The van der Waals surface area contributed by atoms with Gasteiger partial charge in [0.15, 0.2) is 0 Å². The number of methoxy groups -OCH3 is 1. The maximum absolute atomic E-state index is 11.1. The highest BCUT2D eigenvalue weighted by molar-refractivity contribution is 6.27. The predicted molar refractivity (Wildman–Crippen MR) is 80.8 cm³/mol. The summed E-state index contributed by atoms with van der Waals surface area (Å²) in [5, 5.41) is 2.75. The molecular weight excluding hydrogens is 278 g/mol. The lowest BCUT2D eigenvalue weighted by molar-refractivity contribution is -0.118. The molecule has 0 aliphatic rings. The number of rotatable bonds is 9. The Bertz CT molecular complexity index is 424. The average Bonchev–Trinajstić information content (AvgIpc) is 2.48. The van der Waals surface area contributed by atoms with E-state index >= 15 is 0 Å². The molecule has 0 spiro atoms. The first-order chi connectivity index (χ1) is 9.71. The van der Waals surface area contributed by atoms with Gasteiger partial charge >= 0.3 is 0 Å². The number of alkyl halides is 1. The number of hydrogen-bond acceptors (Lipinski definition) is 3. The molecule has 4 nitrogen and oxygen atoms in total. The van der Waals surface area contributed by atoms with E-state index in [-0.39, 0.29) is 11.8 Å². The Morgan fingerprint density at radius 1 is 1.40 bits per heavy atom. The molecule has 0 fully saturated rings. The van der Waals surface area contributed by atoms with Crippen LogP contribution in [0.25, 0.3) is 0 Å². The van der Waals surface area contributed by atoms with Crippen molar-refractivity contribution < 1.29 is 14.3 Å². The fraction of sp³-hybridized carbons (Fsp3) is 0.533. The van der Waals surface area contributed by atoms with Gasteiger partial charge in [0.05, 0.1) is 13.7 Å². The molecule has 0 bridgehead atoms. The Morgan fingerprint density at radius 3 is 2.85 bits per heavy atom. The summed E-state index contributed by atoms with van der Waals surface area (Å²) in [6.07, 6.45) is 2.80. The number of unbranched alkanes of at least 4 members (excludes halogenated alkanes) is 1. The standard InChI is InChI=1S/C15H22ClNO3/c1-3-4-9-20-14-10-13(19-2)6-5-12(14)7-8-17-15(18)11-16/h5-6,10H,3-4,7-9,11H2,1-2H3,(H,17,18). The van der Waals surface area contributed by atoms with E-state index in [2.05, 4.69) is 12.2 Å². The number of ether oxygens (including phenoxy) is 2. The highest BCUT2D eigenvalue weighted by Gasteiger charge is 2.07. The molecule has 1 rings (SSSR count). The van der Waals surface area contributed by atoms with Crippen LogP contribution in [0.4, 0.5) is 0 Å². The molecule has 112 valence electrons. The van der Waals surface area contributed by atoms with Crippen molar-refractivity contribution >= 4 is 17.5 Å². The van der Waals surface area contributed by atoms with E-state index in [0.717, 1.165) is 29.9 Å². The number of halogens is 1. The van der Waals surface area contributed by atoms with Gasteiger partial charge in [0.25, 0.3) is 0 Å². The molecule has 1 N–H and O–H groups in total. The molecule has 0 heterocycles. The Hall–Kier alpha value is -1.42. The van der Waals surface area contributed by atoms with Gasteiger partial charge in [-0.2, -0.15) is 0 Å². The summed E-state index contributed by atoms with van der Waals surface area (Å²) in [6.45, 7) is 3.35. The van der Waals surface area contributed by atoms with Crippen molar-refractivity contribution in [1.29, 1.82) is 0 Å². The maximum atomic E-state index is 11.1. The van der Waals surface area contributed by atoms with Crippen LogP contribution in [0.15, 0.2) is 18.2 Å². The van der Waals surface area contributed by atoms with E-state index in [4.69, 9.17) is 21.1 Å². The zero-order valence-electron chi connectivity index (χ0n) is 12.1. The van der Waals surface area contributed by atoms with Gasteiger partial charge in [0.1, 0.15) is 17.4 Å². The van der Waals surface area contributed by atoms with Gasteiger partial charge < -0.3 is 14.8 Å².